The van der Waals surface area contributed by atoms with Crippen molar-refractivity contribution in [3.63, 3.8) is 0 Å². The molecule has 4 heterocycles. The number of nitrogens with zero attached hydrogens (tertiary/aromatic N) is 5. The highest BCUT2D eigenvalue weighted by Gasteiger charge is 2.19. The van der Waals surface area contributed by atoms with Crippen molar-refractivity contribution in [3.05, 3.63) is 57.5 Å². The summed E-state index contributed by atoms with van der Waals surface area (Å²) in [5, 5.41) is 0. The molecule has 5 nitrogen and oxygen atoms in total. The van der Waals surface area contributed by atoms with Crippen molar-refractivity contribution in [2.24, 2.45) is 0 Å². The first kappa shape index (κ1) is 14.7. The van der Waals surface area contributed by atoms with Gasteiger partial charge in [0.05, 0.1) is 5.69 Å². The van der Waals surface area contributed by atoms with Crippen LogP contribution < -0.4 is 0 Å². The molecule has 3 aromatic heterocycles. The van der Waals surface area contributed by atoms with Crippen LogP contribution in [0.4, 0.5) is 0 Å². The van der Waals surface area contributed by atoms with E-state index >= 15 is 0 Å². The molecule has 0 N–H and O–H groups in total. The van der Waals surface area contributed by atoms with Gasteiger partial charge in [-0.1, -0.05) is 11.6 Å². The van der Waals surface area contributed by atoms with Crippen molar-refractivity contribution in [2.75, 3.05) is 6.54 Å². The van der Waals surface area contributed by atoms with Gasteiger partial charge in [0.15, 0.2) is 10.3 Å². The molecule has 1 aliphatic rings. The number of fused-ring (bicyclic) bond motifs is 1. The number of hydrogen-bond donors (Lipinski definition) is 0. The monoisotopic (exact) mass is 343 g/mol. The minimum atomic E-state index is 0.599. The summed E-state index contributed by atoms with van der Waals surface area (Å²) in [5.74, 6) is 0.750. The Morgan fingerprint density at radius 1 is 1.22 bits per heavy atom. The maximum absolute atomic E-state index is 5.90. The summed E-state index contributed by atoms with van der Waals surface area (Å²) in [6.45, 7) is 2.71. The third-order valence-electron chi connectivity index (χ3n) is 3.84. The first-order valence-corrected chi connectivity index (χ1v) is 8.55. The van der Waals surface area contributed by atoms with Gasteiger partial charge in [-0.2, -0.15) is 0 Å². The first-order chi connectivity index (χ1) is 11.3. The fraction of sp³-hybridized carbons (Fsp3) is 0.250. The number of pyridine rings is 1. The van der Waals surface area contributed by atoms with Gasteiger partial charge in [-0.05, 0) is 12.1 Å². The average molecular weight is 344 g/mol. The fourth-order valence-corrected chi connectivity index (χ4v) is 3.74. The van der Waals surface area contributed by atoms with E-state index in [9.17, 15) is 0 Å². The molecule has 4 rings (SSSR count). The molecule has 0 saturated heterocycles. The quantitative estimate of drug-likeness (QED) is 0.731. The lowest BCUT2D eigenvalue weighted by molar-refractivity contribution is 0.245. The van der Waals surface area contributed by atoms with Crippen molar-refractivity contribution in [1.29, 1.82) is 0 Å². The molecule has 0 aliphatic carbocycles. The Morgan fingerprint density at radius 2 is 2.17 bits per heavy atom. The molecule has 0 radical (unpaired) electrons. The normalized spacial score (nSPS) is 14.7. The van der Waals surface area contributed by atoms with Crippen LogP contribution in [0.2, 0.25) is 4.47 Å². The molecule has 23 heavy (non-hydrogen) atoms. The zero-order chi connectivity index (χ0) is 15.6. The summed E-state index contributed by atoms with van der Waals surface area (Å²) in [6.07, 6.45) is 8.27. The average Bonchev–Trinajstić information content (AvgIpc) is 3.00. The van der Waals surface area contributed by atoms with Crippen molar-refractivity contribution >= 4 is 22.9 Å². The maximum Gasteiger partial charge on any atom is 0.183 e. The Bertz CT molecular complexity index is 820. The molecule has 1 aliphatic heterocycles. The predicted molar refractivity (Wildman–Crippen MR) is 90.2 cm³/mol. The van der Waals surface area contributed by atoms with Crippen LogP contribution in [0, 0.1) is 0 Å². The maximum atomic E-state index is 5.90. The van der Waals surface area contributed by atoms with Crippen LogP contribution in [-0.4, -0.2) is 31.4 Å². The van der Waals surface area contributed by atoms with E-state index in [1.165, 1.54) is 21.8 Å². The van der Waals surface area contributed by atoms with Gasteiger partial charge >= 0.3 is 0 Å². The van der Waals surface area contributed by atoms with Crippen LogP contribution in [0.15, 0.2) is 36.9 Å². The molecule has 0 bridgehead atoms. The molecular formula is C16H14ClN5S. The SMILES string of the molecule is Clc1ncc(CN2CCc3nc(-c4cccnc4)ncc3C2)s1. The highest BCUT2D eigenvalue weighted by molar-refractivity contribution is 7.15. The summed E-state index contributed by atoms with van der Waals surface area (Å²) in [7, 11) is 0. The Morgan fingerprint density at radius 3 is 2.96 bits per heavy atom. The summed E-state index contributed by atoms with van der Waals surface area (Å²) in [5.41, 5.74) is 3.29. The van der Waals surface area contributed by atoms with Crippen LogP contribution in [0.1, 0.15) is 16.1 Å². The summed E-state index contributed by atoms with van der Waals surface area (Å²) in [6, 6.07) is 3.89. The number of aromatic nitrogens is 4. The molecule has 7 heteroatoms. The van der Waals surface area contributed by atoms with Gasteiger partial charge in [-0.3, -0.25) is 9.88 Å². The third-order valence-corrected chi connectivity index (χ3v) is 4.94. The number of halogens is 1. The van der Waals surface area contributed by atoms with Gasteiger partial charge in [0.2, 0.25) is 0 Å². The highest BCUT2D eigenvalue weighted by atomic mass is 35.5. The lowest BCUT2D eigenvalue weighted by atomic mass is 10.1. The van der Waals surface area contributed by atoms with Gasteiger partial charge in [0.1, 0.15) is 0 Å². The smallest absolute Gasteiger partial charge is 0.183 e. The zero-order valence-electron chi connectivity index (χ0n) is 12.3. The van der Waals surface area contributed by atoms with E-state index in [0.717, 1.165) is 43.1 Å². The van der Waals surface area contributed by atoms with E-state index in [2.05, 4.69) is 19.9 Å². The molecule has 0 unspecified atom stereocenters. The largest absolute Gasteiger partial charge is 0.293 e. The summed E-state index contributed by atoms with van der Waals surface area (Å²) >= 11 is 7.44. The van der Waals surface area contributed by atoms with E-state index in [1.807, 2.05) is 24.5 Å². The van der Waals surface area contributed by atoms with Crippen LogP contribution in [0.5, 0.6) is 0 Å². The van der Waals surface area contributed by atoms with Gasteiger partial charge < -0.3 is 0 Å². The van der Waals surface area contributed by atoms with E-state index in [-0.39, 0.29) is 0 Å². The third kappa shape index (κ3) is 3.24. The molecule has 0 fully saturated rings. The Balaban J connectivity index is 1.52. The van der Waals surface area contributed by atoms with Crippen molar-refractivity contribution in [1.82, 2.24) is 24.8 Å². The van der Waals surface area contributed by atoms with Crippen LogP contribution >= 0.6 is 22.9 Å². The van der Waals surface area contributed by atoms with E-state index in [0.29, 0.717) is 4.47 Å². The van der Waals surface area contributed by atoms with E-state index in [1.54, 1.807) is 12.4 Å². The Kier molecular flexibility index (Phi) is 4.03. The fourth-order valence-electron chi connectivity index (χ4n) is 2.72. The second kappa shape index (κ2) is 6.31. The number of rotatable bonds is 3. The zero-order valence-corrected chi connectivity index (χ0v) is 13.9. The summed E-state index contributed by atoms with van der Waals surface area (Å²) < 4.78 is 0.599. The lowest BCUT2D eigenvalue weighted by Gasteiger charge is -2.27. The van der Waals surface area contributed by atoms with Gasteiger partial charge in [-0.25, -0.2) is 15.0 Å². The molecule has 3 aromatic rings. The van der Waals surface area contributed by atoms with Crippen LogP contribution in [0.25, 0.3) is 11.4 Å². The first-order valence-electron chi connectivity index (χ1n) is 7.36. The summed E-state index contributed by atoms with van der Waals surface area (Å²) in [4.78, 5) is 21.0. The number of thiazole rings is 1. The van der Waals surface area contributed by atoms with E-state index in [4.69, 9.17) is 16.6 Å². The topological polar surface area (TPSA) is 54.8 Å². The molecule has 0 amide bonds. The predicted octanol–water partition coefficient (Wildman–Crippen LogP) is 3.21. The van der Waals surface area contributed by atoms with Gasteiger partial charge in [0, 0.05) is 66.8 Å². The minimum Gasteiger partial charge on any atom is -0.293 e. The van der Waals surface area contributed by atoms with Gasteiger partial charge in [0.25, 0.3) is 0 Å². The second-order valence-corrected chi connectivity index (χ2v) is 7.14. The van der Waals surface area contributed by atoms with Gasteiger partial charge in [-0.15, -0.1) is 11.3 Å². The Labute approximate surface area is 143 Å². The van der Waals surface area contributed by atoms with Crippen molar-refractivity contribution in [3.8, 4) is 11.4 Å². The highest BCUT2D eigenvalue weighted by Crippen LogP contribution is 2.24. The van der Waals surface area contributed by atoms with Crippen LogP contribution in [0.3, 0.4) is 0 Å². The molecule has 0 spiro atoms. The lowest BCUT2D eigenvalue weighted by Crippen LogP contribution is -2.30. The van der Waals surface area contributed by atoms with E-state index < -0.39 is 0 Å². The Hall–Kier alpha value is -1.89. The second-order valence-electron chi connectivity index (χ2n) is 5.45. The molecule has 0 saturated carbocycles. The number of hydrogen-bond acceptors (Lipinski definition) is 6. The molecule has 0 aromatic carbocycles. The molecule has 116 valence electrons. The molecular weight excluding hydrogens is 330 g/mol. The standard InChI is InChI=1S/C16H14ClN5S/c17-16-20-8-13(23-16)10-22-5-3-14-12(9-22)7-19-15(21-14)11-2-1-4-18-6-11/h1-2,4,6-8H,3,5,9-10H2. The van der Waals surface area contributed by atoms with Crippen LogP contribution in [-0.2, 0) is 19.5 Å². The van der Waals surface area contributed by atoms with Crippen molar-refractivity contribution < 1.29 is 0 Å². The van der Waals surface area contributed by atoms with Crippen molar-refractivity contribution in [2.45, 2.75) is 19.5 Å². The minimum absolute atomic E-state index is 0.599. The molecule has 0 atom stereocenters.